The number of rotatable bonds is 5. The number of carbonyl (C=O) groups is 1. The van der Waals surface area contributed by atoms with E-state index in [2.05, 4.69) is 22.5 Å². The number of ether oxygens (including phenoxy) is 1. The molecule has 2 rings (SSSR count). The molecule has 0 aromatic carbocycles. The van der Waals surface area contributed by atoms with Crippen molar-refractivity contribution >= 4 is 5.91 Å². The van der Waals surface area contributed by atoms with E-state index in [1.165, 1.54) is 6.42 Å². The van der Waals surface area contributed by atoms with E-state index in [0.717, 1.165) is 39.2 Å². The Morgan fingerprint density at radius 3 is 3.17 bits per heavy atom. The molecule has 0 aromatic heterocycles. The van der Waals surface area contributed by atoms with E-state index in [1.807, 2.05) is 0 Å². The number of morpholine rings is 1. The lowest BCUT2D eigenvalue weighted by atomic mass is 10.1. The fraction of sp³-hybridized carbons (Fsp3) is 0.923. The van der Waals surface area contributed by atoms with Gasteiger partial charge in [-0.05, 0) is 25.9 Å². The molecule has 2 heterocycles. The van der Waals surface area contributed by atoms with E-state index in [9.17, 15) is 4.79 Å². The van der Waals surface area contributed by atoms with Crippen molar-refractivity contribution in [1.29, 1.82) is 0 Å². The molecule has 1 amide bonds. The van der Waals surface area contributed by atoms with Crippen LogP contribution in [0.5, 0.6) is 0 Å². The first-order chi connectivity index (χ1) is 8.78. The summed E-state index contributed by atoms with van der Waals surface area (Å²) in [7, 11) is 0. The Morgan fingerprint density at radius 1 is 1.56 bits per heavy atom. The topological polar surface area (TPSA) is 53.6 Å². The molecule has 2 aliphatic heterocycles. The minimum Gasteiger partial charge on any atom is -0.374 e. The molecule has 18 heavy (non-hydrogen) atoms. The van der Waals surface area contributed by atoms with E-state index in [0.29, 0.717) is 19.0 Å². The molecule has 0 radical (unpaired) electrons. The molecule has 0 saturated carbocycles. The lowest BCUT2D eigenvalue weighted by molar-refractivity contribution is -0.122. The number of nitrogens with one attached hydrogen (secondary N) is 2. The Hall–Kier alpha value is -0.650. The number of hydrogen-bond donors (Lipinski definition) is 2. The fourth-order valence-electron chi connectivity index (χ4n) is 2.65. The molecule has 2 aliphatic rings. The molecule has 0 spiro atoms. The molecule has 5 nitrogen and oxygen atoms in total. The highest BCUT2D eigenvalue weighted by Crippen LogP contribution is 2.08. The van der Waals surface area contributed by atoms with Crippen molar-refractivity contribution in [3.8, 4) is 0 Å². The SMILES string of the molecule is CCN1CCOC(CNC(=O)CC2CCCN2)C1. The van der Waals surface area contributed by atoms with Gasteiger partial charge >= 0.3 is 0 Å². The van der Waals surface area contributed by atoms with Gasteiger partial charge in [0.1, 0.15) is 0 Å². The maximum absolute atomic E-state index is 11.8. The van der Waals surface area contributed by atoms with Gasteiger partial charge in [0.2, 0.25) is 5.91 Å². The highest BCUT2D eigenvalue weighted by molar-refractivity contribution is 5.76. The summed E-state index contributed by atoms with van der Waals surface area (Å²) in [6.07, 6.45) is 3.07. The van der Waals surface area contributed by atoms with Crippen LogP contribution in [0.2, 0.25) is 0 Å². The number of hydrogen-bond acceptors (Lipinski definition) is 4. The van der Waals surface area contributed by atoms with Crippen molar-refractivity contribution in [3.05, 3.63) is 0 Å². The first-order valence-corrected chi connectivity index (χ1v) is 7.12. The maximum atomic E-state index is 11.8. The number of nitrogens with zero attached hydrogens (tertiary/aromatic N) is 1. The zero-order valence-electron chi connectivity index (χ0n) is 11.3. The van der Waals surface area contributed by atoms with Crippen LogP contribution in [-0.4, -0.2) is 62.3 Å². The lowest BCUT2D eigenvalue weighted by Gasteiger charge is -2.32. The summed E-state index contributed by atoms with van der Waals surface area (Å²) in [5.41, 5.74) is 0. The zero-order chi connectivity index (χ0) is 12.8. The monoisotopic (exact) mass is 255 g/mol. The van der Waals surface area contributed by atoms with E-state index in [-0.39, 0.29) is 12.0 Å². The average molecular weight is 255 g/mol. The van der Waals surface area contributed by atoms with Crippen LogP contribution < -0.4 is 10.6 Å². The molecule has 2 saturated heterocycles. The highest BCUT2D eigenvalue weighted by atomic mass is 16.5. The largest absolute Gasteiger partial charge is 0.374 e. The van der Waals surface area contributed by atoms with Gasteiger partial charge in [-0.2, -0.15) is 0 Å². The Balaban J connectivity index is 1.62. The van der Waals surface area contributed by atoms with Crippen LogP contribution in [0.15, 0.2) is 0 Å². The molecule has 0 aromatic rings. The summed E-state index contributed by atoms with van der Waals surface area (Å²) in [5.74, 6) is 0.145. The van der Waals surface area contributed by atoms with Gasteiger partial charge in [-0.1, -0.05) is 6.92 Å². The Bertz CT molecular complexity index is 267. The van der Waals surface area contributed by atoms with Crippen LogP contribution in [0.25, 0.3) is 0 Å². The van der Waals surface area contributed by atoms with Gasteiger partial charge in [0.25, 0.3) is 0 Å². The van der Waals surface area contributed by atoms with Crippen LogP contribution in [0.1, 0.15) is 26.2 Å². The minimum absolute atomic E-state index is 0.145. The summed E-state index contributed by atoms with van der Waals surface area (Å²) >= 11 is 0. The zero-order valence-corrected chi connectivity index (χ0v) is 11.3. The number of carbonyl (C=O) groups excluding carboxylic acids is 1. The smallest absolute Gasteiger partial charge is 0.221 e. The first-order valence-electron chi connectivity index (χ1n) is 7.12. The Kier molecular flexibility index (Phi) is 5.41. The third-order valence-electron chi connectivity index (χ3n) is 3.79. The molecule has 2 N–H and O–H groups in total. The second-order valence-corrected chi connectivity index (χ2v) is 5.19. The first kappa shape index (κ1) is 13.8. The fourth-order valence-corrected chi connectivity index (χ4v) is 2.65. The van der Waals surface area contributed by atoms with Gasteiger partial charge in [-0.3, -0.25) is 9.69 Å². The standard InChI is InChI=1S/C13H25N3O2/c1-2-16-6-7-18-12(10-16)9-15-13(17)8-11-4-3-5-14-11/h11-12,14H,2-10H2,1H3,(H,15,17). The van der Waals surface area contributed by atoms with Crippen LogP contribution in [-0.2, 0) is 9.53 Å². The molecule has 0 bridgehead atoms. The highest BCUT2D eigenvalue weighted by Gasteiger charge is 2.21. The molecular weight excluding hydrogens is 230 g/mol. The molecule has 104 valence electrons. The summed E-state index contributed by atoms with van der Waals surface area (Å²) in [6, 6.07) is 0.379. The van der Waals surface area contributed by atoms with Crippen molar-refractivity contribution in [2.45, 2.75) is 38.3 Å². The third kappa shape index (κ3) is 4.23. The number of likely N-dealkylation sites (N-methyl/N-ethyl adjacent to an activating group) is 1. The van der Waals surface area contributed by atoms with Crippen molar-refractivity contribution in [2.24, 2.45) is 0 Å². The molecule has 0 aliphatic carbocycles. The van der Waals surface area contributed by atoms with Crippen LogP contribution in [0.3, 0.4) is 0 Å². The van der Waals surface area contributed by atoms with E-state index >= 15 is 0 Å². The normalized spacial score (nSPS) is 29.4. The predicted octanol–water partition coefficient (Wildman–Crippen LogP) is -0.0346. The van der Waals surface area contributed by atoms with Gasteiger partial charge in [0.15, 0.2) is 0 Å². The molecular formula is C13H25N3O2. The summed E-state index contributed by atoms with van der Waals surface area (Å²) < 4.78 is 5.66. The third-order valence-corrected chi connectivity index (χ3v) is 3.79. The van der Waals surface area contributed by atoms with E-state index in [1.54, 1.807) is 0 Å². The van der Waals surface area contributed by atoms with Gasteiger partial charge in [-0.15, -0.1) is 0 Å². The van der Waals surface area contributed by atoms with Gasteiger partial charge in [0, 0.05) is 32.1 Å². The van der Waals surface area contributed by atoms with Crippen molar-refractivity contribution in [1.82, 2.24) is 15.5 Å². The van der Waals surface area contributed by atoms with Crippen LogP contribution in [0, 0.1) is 0 Å². The van der Waals surface area contributed by atoms with Gasteiger partial charge in [-0.25, -0.2) is 0 Å². The number of amides is 1. The van der Waals surface area contributed by atoms with Crippen LogP contribution >= 0.6 is 0 Å². The van der Waals surface area contributed by atoms with E-state index in [4.69, 9.17) is 4.74 Å². The molecule has 2 atom stereocenters. The van der Waals surface area contributed by atoms with Gasteiger partial charge < -0.3 is 15.4 Å². The Morgan fingerprint density at radius 2 is 2.44 bits per heavy atom. The Labute approximate surface area is 109 Å². The molecule has 2 unspecified atom stereocenters. The summed E-state index contributed by atoms with van der Waals surface area (Å²) in [5, 5.41) is 6.33. The molecule has 2 fully saturated rings. The molecule has 5 heteroatoms. The predicted molar refractivity (Wildman–Crippen MR) is 70.5 cm³/mol. The lowest BCUT2D eigenvalue weighted by Crippen LogP contribution is -2.47. The van der Waals surface area contributed by atoms with Gasteiger partial charge in [0.05, 0.1) is 12.7 Å². The summed E-state index contributed by atoms with van der Waals surface area (Å²) in [4.78, 5) is 14.1. The summed E-state index contributed by atoms with van der Waals surface area (Å²) in [6.45, 7) is 7.62. The van der Waals surface area contributed by atoms with Crippen molar-refractivity contribution in [3.63, 3.8) is 0 Å². The quantitative estimate of drug-likeness (QED) is 0.724. The van der Waals surface area contributed by atoms with Crippen LogP contribution in [0.4, 0.5) is 0 Å². The van der Waals surface area contributed by atoms with Crippen molar-refractivity contribution in [2.75, 3.05) is 39.3 Å². The maximum Gasteiger partial charge on any atom is 0.221 e. The second-order valence-electron chi connectivity index (χ2n) is 5.19. The van der Waals surface area contributed by atoms with Crippen molar-refractivity contribution < 1.29 is 9.53 Å². The van der Waals surface area contributed by atoms with E-state index < -0.39 is 0 Å². The second kappa shape index (κ2) is 7.07. The minimum atomic E-state index is 0.145. The average Bonchev–Trinajstić information content (AvgIpc) is 2.89.